The Bertz CT molecular complexity index is 795. The van der Waals surface area contributed by atoms with Crippen molar-refractivity contribution in [2.45, 2.75) is 11.8 Å². The van der Waals surface area contributed by atoms with Crippen LogP contribution in [0.3, 0.4) is 0 Å². The zero-order valence-corrected chi connectivity index (χ0v) is 11.4. The fraction of sp³-hybridized carbons (Fsp3) is 0.0714. The lowest BCUT2D eigenvalue weighted by Crippen LogP contribution is -2.15. The van der Waals surface area contributed by atoms with E-state index in [4.69, 9.17) is 5.26 Å². The Morgan fingerprint density at radius 1 is 1.20 bits per heavy atom. The van der Waals surface area contributed by atoms with E-state index in [2.05, 4.69) is 4.72 Å². The molecule has 4 nitrogen and oxygen atoms in total. The van der Waals surface area contributed by atoms with Crippen LogP contribution in [0.25, 0.3) is 0 Å². The van der Waals surface area contributed by atoms with E-state index in [0.29, 0.717) is 5.56 Å². The molecule has 2 aromatic rings. The number of anilines is 1. The number of benzene rings is 2. The van der Waals surface area contributed by atoms with E-state index in [9.17, 15) is 12.8 Å². The third-order valence-electron chi connectivity index (χ3n) is 2.73. The minimum Gasteiger partial charge on any atom is -0.279 e. The molecule has 0 aliphatic rings. The van der Waals surface area contributed by atoms with E-state index in [1.54, 1.807) is 13.0 Å². The average Bonchev–Trinajstić information content (AvgIpc) is 2.42. The molecule has 0 amide bonds. The first-order valence-corrected chi connectivity index (χ1v) is 7.20. The van der Waals surface area contributed by atoms with Crippen molar-refractivity contribution in [3.8, 4) is 6.07 Å². The number of sulfonamides is 1. The van der Waals surface area contributed by atoms with Gasteiger partial charge in [-0.2, -0.15) is 5.26 Å². The molecule has 20 heavy (non-hydrogen) atoms. The molecule has 0 atom stereocenters. The molecule has 0 unspecified atom stereocenters. The van der Waals surface area contributed by atoms with Crippen LogP contribution < -0.4 is 4.72 Å². The first-order chi connectivity index (χ1) is 9.44. The van der Waals surface area contributed by atoms with Crippen LogP contribution in [0.15, 0.2) is 47.4 Å². The Hall–Kier alpha value is -2.39. The van der Waals surface area contributed by atoms with Crippen molar-refractivity contribution in [3.05, 3.63) is 59.4 Å². The van der Waals surface area contributed by atoms with Crippen molar-refractivity contribution < 1.29 is 12.8 Å². The predicted octanol–water partition coefficient (Wildman–Crippen LogP) is 2.81. The Kier molecular flexibility index (Phi) is 3.72. The van der Waals surface area contributed by atoms with Gasteiger partial charge < -0.3 is 0 Å². The average molecular weight is 290 g/mol. The standard InChI is InChI=1S/C14H11FN2O2S/c1-10-8-12(15)6-7-13(10)17-20(18,19)14-5-3-2-4-11(14)9-16/h2-8,17H,1H3. The molecule has 0 aliphatic carbocycles. The molecule has 0 bridgehead atoms. The van der Waals surface area contributed by atoms with Crippen LogP contribution in [0, 0.1) is 24.1 Å². The Labute approximate surface area is 116 Å². The third-order valence-corrected chi connectivity index (χ3v) is 4.15. The van der Waals surface area contributed by atoms with Crippen LogP contribution in [0.5, 0.6) is 0 Å². The highest BCUT2D eigenvalue weighted by molar-refractivity contribution is 7.92. The summed E-state index contributed by atoms with van der Waals surface area (Å²) in [4.78, 5) is -0.105. The first-order valence-electron chi connectivity index (χ1n) is 5.72. The molecule has 0 fully saturated rings. The lowest BCUT2D eigenvalue weighted by molar-refractivity contribution is 0.600. The van der Waals surface area contributed by atoms with E-state index in [1.165, 1.54) is 36.4 Å². The van der Waals surface area contributed by atoms with Gasteiger partial charge in [0, 0.05) is 0 Å². The second kappa shape index (κ2) is 5.31. The first kappa shape index (κ1) is 14.0. The maximum absolute atomic E-state index is 13.0. The summed E-state index contributed by atoms with van der Waals surface area (Å²) in [6, 6.07) is 11.5. The number of nitriles is 1. The molecule has 0 aromatic heterocycles. The molecule has 6 heteroatoms. The smallest absolute Gasteiger partial charge is 0.263 e. The summed E-state index contributed by atoms with van der Waals surface area (Å²) >= 11 is 0. The highest BCUT2D eigenvalue weighted by Crippen LogP contribution is 2.22. The van der Waals surface area contributed by atoms with Gasteiger partial charge in [-0.3, -0.25) is 4.72 Å². The van der Waals surface area contributed by atoms with Gasteiger partial charge in [0.2, 0.25) is 0 Å². The van der Waals surface area contributed by atoms with Gasteiger partial charge in [-0.1, -0.05) is 12.1 Å². The quantitative estimate of drug-likeness (QED) is 0.945. The summed E-state index contributed by atoms with van der Waals surface area (Å²) in [7, 11) is -3.89. The van der Waals surface area contributed by atoms with Crippen LogP contribution in [-0.4, -0.2) is 8.42 Å². The zero-order valence-electron chi connectivity index (χ0n) is 10.6. The maximum Gasteiger partial charge on any atom is 0.263 e. The van der Waals surface area contributed by atoms with Gasteiger partial charge in [-0.25, -0.2) is 12.8 Å². The summed E-state index contributed by atoms with van der Waals surface area (Å²) < 4.78 is 39.9. The third kappa shape index (κ3) is 2.78. The Morgan fingerprint density at radius 3 is 2.55 bits per heavy atom. The van der Waals surface area contributed by atoms with E-state index in [0.717, 1.165) is 0 Å². The molecule has 2 rings (SSSR count). The van der Waals surface area contributed by atoms with Crippen molar-refractivity contribution >= 4 is 15.7 Å². The zero-order chi connectivity index (χ0) is 14.8. The van der Waals surface area contributed by atoms with Gasteiger partial charge in [-0.05, 0) is 42.8 Å². The molecular weight excluding hydrogens is 279 g/mol. The van der Waals surface area contributed by atoms with Crippen molar-refractivity contribution in [2.24, 2.45) is 0 Å². The van der Waals surface area contributed by atoms with Crippen LogP contribution in [-0.2, 0) is 10.0 Å². The number of nitrogens with one attached hydrogen (secondary N) is 1. The Balaban J connectivity index is 2.44. The van der Waals surface area contributed by atoms with Gasteiger partial charge in [0.1, 0.15) is 16.8 Å². The van der Waals surface area contributed by atoms with E-state index >= 15 is 0 Å². The van der Waals surface area contributed by atoms with Crippen LogP contribution in [0.2, 0.25) is 0 Å². The molecule has 2 aromatic carbocycles. The lowest BCUT2D eigenvalue weighted by Gasteiger charge is -2.11. The molecule has 0 aliphatic heterocycles. The number of nitrogens with zero attached hydrogens (tertiary/aromatic N) is 1. The largest absolute Gasteiger partial charge is 0.279 e. The second-order valence-corrected chi connectivity index (χ2v) is 5.82. The van der Waals surface area contributed by atoms with Gasteiger partial charge in [0.05, 0.1) is 11.3 Å². The summed E-state index contributed by atoms with van der Waals surface area (Å²) in [6.07, 6.45) is 0. The fourth-order valence-electron chi connectivity index (χ4n) is 1.73. The van der Waals surface area contributed by atoms with Crippen molar-refractivity contribution in [3.63, 3.8) is 0 Å². The van der Waals surface area contributed by atoms with Gasteiger partial charge in [0.25, 0.3) is 10.0 Å². The van der Waals surface area contributed by atoms with Crippen LogP contribution in [0.4, 0.5) is 10.1 Å². The number of halogens is 1. The monoisotopic (exact) mass is 290 g/mol. The molecule has 0 saturated heterocycles. The molecule has 0 heterocycles. The minimum absolute atomic E-state index is 0.0553. The molecule has 0 radical (unpaired) electrons. The lowest BCUT2D eigenvalue weighted by atomic mass is 10.2. The van der Waals surface area contributed by atoms with Crippen LogP contribution in [0.1, 0.15) is 11.1 Å². The normalized spacial score (nSPS) is 10.8. The van der Waals surface area contributed by atoms with E-state index in [-0.39, 0.29) is 16.1 Å². The molecular formula is C14H11FN2O2S. The second-order valence-electron chi connectivity index (χ2n) is 4.17. The summed E-state index contributed by atoms with van der Waals surface area (Å²) in [5, 5.41) is 8.95. The number of hydrogen-bond donors (Lipinski definition) is 1. The minimum atomic E-state index is -3.89. The van der Waals surface area contributed by atoms with Crippen molar-refractivity contribution in [1.29, 1.82) is 5.26 Å². The fourth-order valence-corrected chi connectivity index (χ4v) is 3.02. The number of aryl methyl sites for hydroxylation is 1. The van der Waals surface area contributed by atoms with Crippen molar-refractivity contribution in [2.75, 3.05) is 4.72 Å². The highest BCUT2D eigenvalue weighted by atomic mass is 32.2. The van der Waals surface area contributed by atoms with Crippen molar-refractivity contribution in [1.82, 2.24) is 0 Å². The summed E-state index contributed by atoms with van der Waals surface area (Å²) in [6.45, 7) is 1.59. The van der Waals surface area contributed by atoms with E-state index in [1.807, 2.05) is 6.07 Å². The Morgan fingerprint density at radius 2 is 1.90 bits per heavy atom. The topological polar surface area (TPSA) is 70.0 Å². The van der Waals surface area contributed by atoms with Crippen LogP contribution >= 0.6 is 0 Å². The predicted molar refractivity (Wildman–Crippen MR) is 73.1 cm³/mol. The van der Waals surface area contributed by atoms with Gasteiger partial charge in [0.15, 0.2) is 0 Å². The molecule has 1 N–H and O–H groups in total. The molecule has 0 saturated carbocycles. The summed E-state index contributed by atoms with van der Waals surface area (Å²) in [5.41, 5.74) is 0.793. The molecule has 0 spiro atoms. The molecule has 102 valence electrons. The van der Waals surface area contributed by atoms with E-state index < -0.39 is 15.8 Å². The highest BCUT2D eigenvalue weighted by Gasteiger charge is 2.19. The maximum atomic E-state index is 13.0. The summed E-state index contributed by atoms with van der Waals surface area (Å²) in [5.74, 6) is -0.442. The van der Waals surface area contributed by atoms with Gasteiger partial charge >= 0.3 is 0 Å². The van der Waals surface area contributed by atoms with Gasteiger partial charge in [-0.15, -0.1) is 0 Å². The SMILES string of the molecule is Cc1cc(F)ccc1NS(=O)(=O)c1ccccc1C#N. The number of hydrogen-bond acceptors (Lipinski definition) is 3. The number of rotatable bonds is 3.